The summed E-state index contributed by atoms with van der Waals surface area (Å²) >= 11 is 0. The van der Waals surface area contributed by atoms with Crippen LogP contribution in [-0.2, 0) is 11.2 Å². The highest BCUT2D eigenvalue weighted by Gasteiger charge is 2.19. The molecule has 1 aliphatic rings. The summed E-state index contributed by atoms with van der Waals surface area (Å²) in [7, 11) is 0. The summed E-state index contributed by atoms with van der Waals surface area (Å²) in [5, 5.41) is 0. The number of carbonyl (C=O) groups excluding carboxylic acids is 1. The second kappa shape index (κ2) is 4.30. The third-order valence-electron chi connectivity index (χ3n) is 2.70. The summed E-state index contributed by atoms with van der Waals surface area (Å²) in [5.74, 6) is 0.208. The first-order valence-electron chi connectivity index (χ1n) is 5.24. The van der Waals surface area contributed by atoms with Gasteiger partial charge in [-0.25, -0.2) is 0 Å². The second-order valence-electron chi connectivity index (χ2n) is 3.98. The van der Waals surface area contributed by atoms with Gasteiger partial charge >= 0.3 is 0 Å². The standard InChI is InChI=1S/C13H15NO/c1-11-7-8-14(10-11)13(15)9-12-5-3-2-4-6-12/h2-6H,1,7-10H2. The molecule has 1 aliphatic heterocycles. The molecule has 1 aromatic carbocycles. The number of nitrogens with zero attached hydrogens (tertiary/aromatic N) is 1. The van der Waals surface area contributed by atoms with E-state index in [9.17, 15) is 4.79 Å². The molecule has 1 amide bonds. The van der Waals surface area contributed by atoms with Crippen molar-refractivity contribution in [2.75, 3.05) is 13.1 Å². The summed E-state index contributed by atoms with van der Waals surface area (Å²) in [6, 6.07) is 9.87. The maximum absolute atomic E-state index is 11.8. The minimum Gasteiger partial charge on any atom is -0.338 e. The molecule has 78 valence electrons. The van der Waals surface area contributed by atoms with Gasteiger partial charge in [-0.1, -0.05) is 42.5 Å². The van der Waals surface area contributed by atoms with E-state index in [4.69, 9.17) is 0 Å². The van der Waals surface area contributed by atoms with E-state index in [1.807, 2.05) is 35.2 Å². The zero-order chi connectivity index (χ0) is 10.7. The van der Waals surface area contributed by atoms with Gasteiger partial charge < -0.3 is 4.90 Å². The van der Waals surface area contributed by atoms with Gasteiger partial charge in [-0.3, -0.25) is 4.79 Å². The monoisotopic (exact) mass is 201 g/mol. The van der Waals surface area contributed by atoms with Crippen LogP contribution in [0.2, 0.25) is 0 Å². The van der Waals surface area contributed by atoms with E-state index in [2.05, 4.69) is 6.58 Å². The van der Waals surface area contributed by atoms with E-state index < -0.39 is 0 Å². The molecular formula is C13H15NO. The number of hydrogen-bond donors (Lipinski definition) is 0. The molecule has 0 radical (unpaired) electrons. The third-order valence-corrected chi connectivity index (χ3v) is 2.70. The van der Waals surface area contributed by atoms with E-state index >= 15 is 0 Å². The quantitative estimate of drug-likeness (QED) is 0.670. The van der Waals surface area contributed by atoms with Crippen LogP contribution in [-0.4, -0.2) is 23.9 Å². The molecule has 0 bridgehead atoms. The Morgan fingerprint density at radius 1 is 1.33 bits per heavy atom. The lowest BCUT2D eigenvalue weighted by Crippen LogP contribution is -2.29. The normalized spacial score (nSPS) is 15.7. The average molecular weight is 201 g/mol. The zero-order valence-electron chi connectivity index (χ0n) is 8.78. The predicted molar refractivity (Wildman–Crippen MR) is 60.5 cm³/mol. The number of rotatable bonds is 2. The zero-order valence-corrected chi connectivity index (χ0v) is 8.78. The Morgan fingerprint density at radius 2 is 2.07 bits per heavy atom. The van der Waals surface area contributed by atoms with E-state index in [1.165, 1.54) is 0 Å². The van der Waals surface area contributed by atoms with Crippen molar-refractivity contribution in [2.45, 2.75) is 12.8 Å². The molecule has 2 rings (SSSR count). The molecule has 1 heterocycles. The largest absolute Gasteiger partial charge is 0.338 e. The van der Waals surface area contributed by atoms with Crippen molar-refractivity contribution in [1.29, 1.82) is 0 Å². The van der Waals surface area contributed by atoms with E-state index in [0.717, 1.165) is 30.6 Å². The predicted octanol–water partition coefficient (Wildman–Crippen LogP) is 2.02. The first kappa shape index (κ1) is 9.97. The van der Waals surface area contributed by atoms with Crippen molar-refractivity contribution in [3.63, 3.8) is 0 Å². The minimum absolute atomic E-state index is 0.208. The molecular weight excluding hydrogens is 186 g/mol. The lowest BCUT2D eigenvalue weighted by Gasteiger charge is -2.14. The van der Waals surface area contributed by atoms with Gasteiger partial charge in [0.1, 0.15) is 0 Å². The van der Waals surface area contributed by atoms with Crippen LogP contribution >= 0.6 is 0 Å². The van der Waals surface area contributed by atoms with Gasteiger partial charge in [0.2, 0.25) is 5.91 Å². The van der Waals surface area contributed by atoms with Crippen molar-refractivity contribution in [1.82, 2.24) is 4.90 Å². The van der Waals surface area contributed by atoms with Gasteiger partial charge in [0.25, 0.3) is 0 Å². The Bertz CT molecular complexity index is 369. The smallest absolute Gasteiger partial charge is 0.227 e. The first-order valence-corrected chi connectivity index (χ1v) is 5.24. The molecule has 0 aromatic heterocycles. The lowest BCUT2D eigenvalue weighted by molar-refractivity contribution is -0.129. The van der Waals surface area contributed by atoms with Crippen LogP contribution in [0.4, 0.5) is 0 Å². The van der Waals surface area contributed by atoms with Gasteiger partial charge in [0.05, 0.1) is 6.42 Å². The second-order valence-corrected chi connectivity index (χ2v) is 3.98. The Hall–Kier alpha value is -1.57. The topological polar surface area (TPSA) is 20.3 Å². The van der Waals surface area contributed by atoms with E-state index in [0.29, 0.717) is 6.42 Å². The molecule has 1 fully saturated rings. The van der Waals surface area contributed by atoms with Crippen LogP contribution < -0.4 is 0 Å². The van der Waals surface area contributed by atoms with Gasteiger partial charge in [-0.15, -0.1) is 0 Å². The summed E-state index contributed by atoms with van der Waals surface area (Å²) in [4.78, 5) is 13.7. The molecule has 0 saturated carbocycles. The molecule has 2 nitrogen and oxygen atoms in total. The number of benzene rings is 1. The third kappa shape index (κ3) is 2.46. The van der Waals surface area contributed by atoms with Crippen molar-refractivity contribution in [3.05, 3.63) is 48.0 Å². The molecule has 0 unspecified atom stereocenters. The van der Waals surface area contributed by atoms with Gasteiger partial charge in [0.15, 0.2) is 0 Å². The lowest BCUT2D eigenvalue weighted by atomic mass is 10.1. The van der Waals surface area contributed by atoms with Gasteiger partial charge in [-0.05, 0) is 12.0 Å². The highest BCUT2D eigenvalue weighted by Crippen LogP contribution is 2.14. The summed E-state index contributed by atoms with van der Waals surface area (Å²) < 4.78 is 0. The Kier molecular flexibility index (Phi) is 2.86. The summed E-state index contributed by atoms with van der Waals surface area (Å²) in [5.41, 5.74) is 2.25. The molecule has 15 heavy (non-hydrogen) atoms. The number of carbonyl (C=O) groups is 1. The van der Waals surface area contributed by atoms with Crippen molar-refractivity contribution in [3.8, 4) is 0 Å². The number of amides is 1. The van der Waals surface area contributed by atoms with Crippen LogP contribution in [0.1, 0.15) is 12.0 Å². The molecule has 0 atom stereocenters. The Morgan fingerprint density at radius 3 is 2.67 bits per heavy atom. The fourth-order valence-corrected chi connectivity index (χ4v) is 1.82. The maximum Gasteiger partial charge on any atom is 0.227 e. The molecule has 1 aromatic rings. The van der Waals surface area contributed by atoms with Crippen LogP contribution in [0.3, 0.4) is 0 Å². The van der Waals surface area contributed by atoms with E-state index in [-0.39, 0.29) is 5.91 Å². The Labute approximate surface area is 90.2 Å². The number of hydrogen-bond acceptors (Lipinski definition) is 1. The van der Waals surface area contributed by atoms with Gasteiger partial charge in [-0.2, -0.15) is 0 Å². The molecule has 0 spiro atoms. The summed E-state index contributed by atoms with van der Waals surface area (Å²) in [6.07, 6.45) is 1.47. The average Bonchev–Trinajstić information content (AvgIpc) is 2.66. The SMILES string of the molecule is C=C1CCN(C(=O)Cc2ccccc2)C1. The van der Waals surface area contributed by atoms with Crippen LogP contribution in [0.15, 0.2) is 42.5 Å². The summed E-state index contributed by atoms with van der Waals surface area (Å²) in [6.45, 7) is 5.48. The van der Waals surface area contributed by atoms with Crippen molar-refractivity contribution < 1.29 is 4.79 Å². The van der Waals surface area contributed by atoms with Crippen LogP contribution in [0.5, 0.6) is 0 Å². The minimum atomic E-state index is 0.208. The van der Waals surface area contributed by atoms with Crippen molar-refractivity contribution >= 4 is 5.91 Å². The van der Waals surface area contributed by atoms with E-state index in [1.54, 1.807) is 0 Å². The van der Waals surface area contributed by atoms with Crippen LogP contribution in [0.25, 0.3) is 0 Å². The molecule has 2 heteroatoms. The molecule has 0 N–H and O–H groups in total. The fraction of sp³-hybridized carbons (Fsp3) is 0.308. The van der Waals surface area contributed by atoms with Crippen LogP contribution in [0, 0.1) is 0 Å². The highest BCUT2D eigenvalue weighted by molar-refractivity contribution is 5.79. The Balaban J connectivity index is 1.96. The number of likely N-dealkylation sites (tertiary alicyclic amines) is 1. The molecule has 1 saturated heterocycles. The first-order chi connectivity index (χ1) is 7.25. The highest BCUT2D eigenvalue weighted by atomic mass is 16.2. The fourth-order valence-electron chi connectivity index (χ4n) is 1.82. The molecule has 0 aliphatic carbocycles. The van der Waals surface area contributed by atoms with Gasteiger partial charge in [0, 0.05) is 13.1 Å². The maximum atomic E-state index is 11.8. The van der Waals surface area contributed by atoms with Crippen molar-refractivity contribution in [2.24, 2.45) is 0 Å².